The number of rotatable bonds is 3. The Hall–Kier alpha value is -1.42. The van der Waals surface area contributed by atoms with Crippen molar-refractivity contribution >= 4 is 17.5 Å². The number of amides is 1. The van der Waals surface area contributed by atoms with Crippen LogP contribution in [0.15, 0.2) is 18.2 Å². The summed E-state index contributed by atoms with van der Waals surface area (Å²) in [5.74, 6) is 1.33. The standard InChI is InChI=1S/C12H14ClNO3/c1-16-8-2-3-11-9(6-8)10(4-5-17-11)14-12(15)7-13/h2-3,6,10H,4-5,7H2,1H3,(H,14,15)/t10-/m1/s1. The van der Waals surface area contributed by atoms with E-state index in [0.717, 1.165) is 23.5 Å². The first-order valence-electron chi connectivity index (χ1n) is 5.40. The van der Waals surface area contributed by atoms with Gasteiger partial charge in [0, 0.05) is 12.0 Å². The topological polar surface area (TPSA) is 47.6 Å². The maximum Gasteiger partial charge on any atom is 0.235 e. The highest BCUT2D eigenvalue weighted by Gasteiger charge is 2.23. The minimum absolute atomic E-state index is 0.0311. The minimum atomic E-state index is -0.174. The van der Waals surface area contributed by atoms with Crippen LogP contribution < -0.4 is 14.8 Å². The fourth-order valence-electron chi connectivity index (χ4n) is 1.88. The number of halogens is 1. The third-order valence-corrected chi connectivity index (χ3v) is 2.96. The molecule has 0 bridgehead atoms. The first-order valence-corrected chi connectivity index (χ1v) is 5.94. The highest BCUT2D eigenvalue weighted by molar-refractivity contribution is 6.27. The maximum atomic E-state index is 11.3. The van der Waals surface area contributed by atoms with E-state index in [1.54, 1.807) is 7.11 Å². The first kappa shape index (κ1) is 12.0. The fourth-order valence-corrected chi connectivity index (χ4v) is 1.96. The molecule has 1 heterocycles. The Bertz CT molecular complexity index is 422. The van der Waals surface area contributed by atoms with Gasteiger partial charge in [-0.15, -0.1) is 11.6 Å². The van der Waals surface area contributed by atoms with Crippen molar-refractivity contribution in [3.63, 3.8) is 0 Å². The van der Waals surface area contributed by atoms with Crippen molar-refractivity contribution in [3.8, 4) is 11.5 Å². The number of ether oxygens (including phenoxy) is 2. The Balaban J connectivity index is 2.25. The highest BCUT2D eigenvalue weighted by Crippen LogP contribution is 2.34. The molecule has 4 nitrogen and oxygen atoms in total. The van der Waals surface area contributed by atoms with E-state index in [0.29, 0.717) is 6.61 Å². The van der Waals surface area contributed by atoms with Gasteiger partial charge in [0.25, 0.3) is 0 Å². The van der Waals surface area contributed by atoms with E-state index in [1.807, 2.05) is 18.2 Å². The average molecular weight is 256 g/mol. The molecule has 1 N–H and O–H groups in total. The van der Waals surface area contributed by atoms with Gasteiger partial charge in [-0.3, -0.25) is 4.79 Å². The molecule has 0 saturated heterocycles. The molecule has 0 fully saturated rings. The quantitative estimate of drug-likeness (QED) is 0.839. The van der Waals surface area contributed by atoms with E-state index in [4.69, 9.17) is 21.1 Å². The van der Waals surface area contributed by atoms with Crippen molar-refractivity contribution in [1.82, 2.24) is 5.32 Å². The van der Waals surface area contributed by atoms with Crippen LogP contribution in [0.1, 0.15) is 18.0 Å². The van der Waals surface area contributed by atoms with Crippen LogP contribution in [0.5, 0.6) is 11.5 Å². The normalized spacial score (nSPS) is 17.9. The number of methoxy groups -OCH3 is 1. The summed E-state index contributed by atoms with van der Waals surface area (Å²) in [5, 5.41) is 2.87. The van der Waals surface area contributed by atoms with E-state index < -0.39 is 0 Å². The Morgan fingerprint density at radius 1 is 1.65 bits per heavy atom. The van der Waals surface area contributed by atoms with Crippen LogP contribution in [0.4, 0.5) is 0 Å². The Labute approximate surface area is 105 Å². The summed E-state index contributed by atoms with van der Waals surface area (Å²) in [6.45, 7) is 0.590. The summed E-state index contributed by atoms with van der Waals surface area (Å²) in [6, 6.07) is 5.52. The highest BCUT2D eigenvalue weighted by atomic mass is 35.5. The summed E-state index contributed by atoms with van der Waals surface area (Å²) in [4.78, 5) is 11.3. The van der Waals surface area contributed by atoms with Gasteiger partial charge in [0.05, 0.1) is 19.8 Å². The molecule has 0 aliphatic carbocycles. The predicted octanol–water partition coefficient (Wildman–Crippen LogP) is 1.87. The SMILES string of the molecule is COc1ccc2c(c1)[C@H](NC(=O)CCl)CCO2. The van der Waals surface area contributed by atoms with Crippen LogP contribution in [0, 0.1) is 0 Å². The zero-order valence-corrected chi connectivity index (χ0v) is 10.3. The lowest BCUT2D eigenvalue weighted by molar-refractivity contribution is -0.119. The summed E-state index contributed by atoms with van der Waals surface area (Å²) in [6.07, 6.45) is 0.739. The van der Waals surface area contributed by atoms with Crippen molar-refractivity contribution in [2.24, 2.45) is 0 Å². The number of nitrogens with one attached hydrogen (secondary N) is 1. The molecule has 5 heteroatoms. The fraction of sp³-hybridized carbons (Fsp3) is 0.417. The molecule has 1 aliphatic rings. The number of carbonyl (C=O) groups is 1. The smallest absolute Gasteiger partial charge is 0.235 e. The molecule has 0 unspecified atom stereocenters. The van der Waals surface area contributed by atoms with Crippen LogP contribution in [-0.2, 0) is 4.79 Å². The van der Waals surface area contributed by atoms with E-state index >= 15 is 0 Å². The summed E-state index contributed by atoms with van der Waals surface area (Å²) in [7, 11) is 1.61. The molecular weight excluding hydrogens is 242 g/mol. The second-order valence-corrected chi connectivity index (χ2v) is 4.06. The molecule has 1 amide bonds. The largest absolute Gasteiger partial charge is 0.497 e. The third kappa shape index (κ3) is 2.64. The predicted molar refractivity (Wildman–Crippen MR) is 64.7 cm³/mol. The number of hydrogen-bond donors (Lipinski definition) is 1. The van der Waals surface area contributed by atoms with Gasteiger partial charge in [-0.1, -0.05) is 0 Å². The Morgan fingerprint density at radius 2 is 2.47 bits per heavy atom. The lowest BCUT2D eigenvalue weighted by Gasteiger charge is -2.26. The van der Waals surface area contributed by atoms with Gasteiger partial charge in [0.2, 0.25) is 5.91 Å². The molecule has 17 heavy (non-hydrogen) atoms. The number of alkyl halides is 1. The molecule has 92 valence electrons. The Kier molecular flexibility index (Phi) is 3.74. The lowest BCUT2D eigenvalue weighted by Crippen LogP contribution is -2.32. The first-order chi connectivity index (χ1) is 8.24. The molecule has 0 saturated carbocycles. The van der Waals surface area contributed by atoms with Crippen molar-refractivity contribution in [2.75, 3.05) is 19.6 Å². The molecule has 2 rings (SSSR count). The van der Waals surface area contributed by atoms with Crippen LogP contribution in [-0.4, -0.2) is 25.5 Å². The van der Waals surface area contributed by atoms with Crippen LogP contribution in [0.3, 0.4) is 0 Å². The van der Waals surface area contributed by atoms with Crippen LogP contribution in [0.2, 0.25) is 0 Å². The molecular formula is C12H14ClNO3. The summed E-state index contributed by atoms with van der Waals surface area (Å²) >= 11 is 5.49. The second kappa shape index (κ2) is 5.27. The Morgan fingerprint density at radius 3 is 3.18 bits per heavy atom. The van der Waals surface area contributed by atoms with Crippen LogP contribution >= 0.6 is 11.6 Å². The lowest BCUT2D eigenvalue weighted by atomic mass is 10.0. The zero-order chi connectivity index (χ0) is 12.3. The summed E-state index contributed by atoms with van der Waals surface area (Å²) < 4.78 is 10.7. The van der Waals surface area contributed by atoms with Gasteiger partial charge < -0.3 is 14.8 Å². The minimum Gasteiger partial charge on any atom is -0.497 e. The molecule has 1 aliphatic heterocycles. The number of carbonyl (C=O) groups excluding carboxylic acids is 1. The van der Waals surface area contributed by atoms with Gasteiger partial charge in [0.1, 0.15) is 17.4 Å². The van der Waals surface area contributed by atoms with Crippen molar-refractivity contribution in [3.05, 3.63) is 23.8 Å². The van der Waals surface area contributed by atoms with Gasteiger partial charge >= 0.3 is 0 Å². The molecule has 0 aromatic heterocycles. The average Bonchev–Trinajstić information content (AvgIpc) is 2.38. The molecule has 1 aromatic carbocycles. The molecule has 1 aromatic rings. The van der Waals surface area contributed by atoms with E-state index in [9.17, 15) is 4.79 Å². The molecule has 1 atom stereocenters. The molecule has 0 radical (unpaired) electrons. The van der Waals surface area contributed by atoms with Gasteiger partial charge in [0.15, 0.2) is 0 Å². The number of hydrogen-bond acceptors (Lipinski definition) is 3. The maximum absolute atomic E-state index is 11.3. The van der Waals surface area contributed by atoms with Crippen LogP contribution in [0.25, 0.3) is 0 Å². The second-order valence-electron chi connectivity index (χ2n) is 3.79. The van der Waals surface area contributed by atoms with Gasteiger partial charge in [-0.25, -0.2) is 0 Å². The van der Waals surface area contributed by atoms with Crippen molar-refractivity contribution < 1.29 is 14.3 Å². The van der Waals surface area contributed by atoms with Gasteiger partial charge in [-0.05, 0) is 18.2 Å². The van der Waals surface area contributed by atoms with Crippen molar-refractivity contribution in [1.29, 1.82) is 0 Å². The monoisotopic (exact) mass is 255 g/mol. The van der Waals surface area contributed by atoms with Crippen molar-refractivity contribution in [2.45, 2.75) is 12.5 Å². The number of benzene rings is 1. The number of fused-ring (bicyclic) bond motifs is 1. The summed E-state index contributed by atoms with van der Waals surface area (Å²) in [5.41, 5.74) is 0.939. The molecule has 0 spiro atoms. The zero-order valence-electron chi connectivity index (χ0n) is 9.53. The third-order valence-electron chi connectivity index (χ3n) is 2.71. The van der Waals surface area contributed by atoms with E-state index in [2.05, 4.69) is 5.32 Å². The van der Waals surface area contributed by atoms with E-state index in [1.165, 1.54) is 0 Å². The van der Waals surface area contributed by atoms with Gasteiger partial charge in [-0.2, -0.15) is 0 Å². The van der Waals surface area contributed by atoms with E-state index in [-0.39, 0.29) is 17.8 Å².